The largest absolute Gasteiger partial charge is 0.370 e. The summed E-state index contributed by atoms with van der Waals surface area (Å²) in [5.41, 5.74) is 1.96. The topological polar surface area (TPSA) is 50.3 Å². The number of rotatable bonds is 3. The zero-order valence-corrected chi connectivity index (χ0v) is 10.4. The van der Waals surface area contributed by atoms with Gasteiger partial charge in [-0.15, -0.1) is 0 Å². The number of pyridine rings is 1. The molecule has 1 aromatic heterocycles. The molecule has 0 aliphatic carbocycles. The Labute approximate surface area is 96.2 Å². The molecule has 0 unspecified atom stereocenters. The van der Waals surface area contributed by atoms with Crippen molar-refractivity contribution in [3.8, 4) is 0 Å². The molecule has 1 aromatic rings. The number of sulfone groups is 1. The van der Waals surface area contributed by atoms with Gasteiger partial charge in [-0.3, -0.25) is 4.98 Å². The molecule has 1 aliphatic heterocycles. The first-order valence-electron chi connectivity index (χ1n) is 5.46. The van der Waals surface area contributed by atoms with Crippen molar-refractivity contribution in [1.29, 1.82) is 0 Å². The van der Waals surface area contributed by atoms with Crippen molar-refractivity contribution >= 4 is 15.5 Å². The molecular formula is C11H16N2O2S. The van der Waals surface area contributed by atoms with E-state index in [0.29, 0.717) is 4.90 Å². The Morgan fingerprint density at radius 1 is 1.44 bits per heavy atom. The van der Waals surface area contributed by atoms with Gasteiger partial charge in [0.2, 0.25) is 0 Å². The second kappa shape index (κ2) is 4.05. The van der Waals surface area contributed by atoms with E-state index < -0.39 is 9.84 Å². The third-order valence-corrected chi connectivity index (χ3v) is 3.96. The van der Waals surface area contributed by atoms with E-state index in [2.05, 4.69) is 9.88 Å². The van der Waals surface area contributed by atoms with Crippen molar-refractivity contribution in [2.75, 3.05) is 24.2 Å². The lowest BCUT2D eigenvalue weighted by atomic mass is 10.1. The summed E-state index contributed by atoms with van der Waals surface area (Å²) in [5, 5.41) is 0. The summed E-state index contributed by atoms with van der Waals surface area (Å²) in [7, 11) is -3.16. The summed E-state index contributed by atoms with van der Waals surface area (Å²) in [6.45, 7) is 4.04. The van der Waals surface area contributed by atoms with E-state index in [1.807, 2.05) is 6.92 Å². The van der Waals surface area contributed by atoms with E-state index in [0.717, 1.165) is 30.9 Å². The molecule has 0 atom stereocenters. The minimum Gasteiger partial charge on any atom is -0.370 e. The zero-order valence-electron chi connectivity index (χ0n) is 9.60. The molecule has 0 bridgehead atoms. The Morgan fingerprint density at radius 3 is 2.56 bits per heavy atom. The molecule has 0 radical (unpaired) electrons. The predicted octanol–water partition coefficient (Wildman–Crippen LogP) is 1.26. The standard InChI is InChI=1S/C11H16N2O2S/c1-3-10-11(13-5-4-6-13)7-9(8-12-10)16(2,14)15/h7-8H,3-6H2,1-2H3. The maximum atomic E-state index is 11.5. The molecule has 2 rings (SSSR count). The van der Waals surface area contributed by atoms with Gasteiger partial charge in [-0.2, -0.15) is 0 Å². The first-order valence-corrected chi connectivity index (χ1v) is 7.35. The van der Waals surface area contributed by atoms with E-state index in [-0.39, 0.29) is 0 Å². The number of aryl methyl sites for hydroxylation is 1. The fraction of sp³-hybridized carbons (Fsp3) is 0.545. The fourth-order valence-electron chi connectivity index (χ4n) is 1.77. The molecule has 1 fully saturated rings. The van der Waals surface area contributed by atoms with Crippen LogP contribution in [0.2, 0.25) is 0 Å². The normalized spacial score (nSPS) is 16.0. The Balaban J connectivity index is 2.46. The Morgan fingerprint density at radius 2 is 2.12 bits per heavy atom. The van der Waals surface area contributed by atoms with E-state index in [9.17, 15) is 8.42 Å². The maximum absolute atomic E-state index is 11.5. The molecular weight excluding hydrogens is 224 g/mol. The van der Waals surface area contributed by atoms with Crippen LogP contribution in [0.3, 0.4) is 0 Å². The number of nitrogens with zero attached hydrogens (tertiary/aromatic N) is 2. The van der Waals surface area contributed by atoms with Crippen molar-refractivity contribution in [2.45, 2.75) is 24.7 Å². The van der Waals surface area contributed by atoms with Crippen LogP contribution in [0.1, 0.15) is 19.0 Å². The van der Waals surface area contributed by atoms with Gasteiger partial charge >= 0.3 is 0 Å². The number of hydrogen-bond donors (Lipinski definition) is 0. The van der Waals surface area contributed by atoms with Gasteiger partial charge in [-0.05, 0) is 18.9 Å². The summed E-state index contributed by atoms with van der Waals surface area (Å²) in [5.74, 6) is 0. The number of hydrogen-bond acceptors (Lipinski definition) is 4. The summed E-state index contributed by atoms with van der Waals surface area (Å²) in [6, 6.07) is 1.75. The van der Waals surface area contributed by atoms with Gasteiger partial charge in [0, 0.05) is 25.5 Å². The number of aromatic nitrogens is 1. The van der Waals surface area contributed by atoms with Gasteiger partial charge in [-0.1, -0.05) is 6.92 Å². The Kier molecular flexibility index (Phi) is 2.88. The van der Waals surface area contributed by atoms with Crippen LogP contribution in [0.4, 0.5) is 5.69 Å². The highest BCUT2D eigenvalue weighted by molar-refractivity contribution is 7.90. The van der Waals surface area contributed by atoms with E-state index in [1.54, 1.807) is 6.07 Å². The molecule has 5 heteroatoms. The average Bonchev–Trinajstić information content (AvgIpc) is 2.13. The zero-order chi connectivity index (χ0) is 11.8. The molecule has 0 saturated carbocycles. The highest BCUT2D eigenvalue weighted by Gasteiger charge is 2.20. The van der Waals surface area contributed by atoms with Crippen molar-refractivity contribution in [2.24, 2.45) is 0 Å². The first kappa shape index (κ1) is 11.4. The van der Waals surface area contributed by atoms with Crippen LogP contribution < -0.4 is 4.90 Å². The molecule has 1 saturated heterocycles. The lowest BCUT2D eigenvalue weighted by Crippen LogP contribution is -2.37. The fourth-order valence-corrected chi connectivity index (χ4v) is 2.34. The van der Waals surface area contributed by atoms with Crippen molar-refractivity contribution in [3.63, 3.8) is 0 Å². The maximum Gasteiger partial charge on any atom is 0.177 e. The van der Waals surface area contributed by atoms with Crippen molar-refractivity contribution in [1.82, 2.24) is 4.98 Å². The Hall–Kier alpha value is -1.10. The van der Waals surface area contributed by atoms with Crippen LogP contribution in [0, 0.1) is 0 Å². The predicted molar refractivity (Wildman–Crippen MR) is 63.6 cm³/mol. The van der Waals surface area contributed by atoms with Gasteiger partial charge in [0.25, 0.3) is 0 Å². The highest BCUT2D eigenvalue weighted by atomic mass is 32.2. The first-order chi connectivity index (χ1) is 7.52. The van der Waals surface area contributed by atoms with Crippen LogP contribution in [0.15, 0.2) is 17.2 Å². The lowest BCUT2D eigenvalue weighted by Gasteiger charge is -2.34. The van der Waals surface area contributed by atoms with Crippen molar-refractivity contribution < 1.29 is 8.42 Å². The summed E-state index contributed by atoms with van der Waals surface area (Å²) < 4.78 is 22.9. The molecule has 4 nitrogen and oxygen atoms in total. The minimum absolute atomic E-state index is 0.312. The van der Waals surface area contributed by atoms with E-state index >= 15 is 0 Å². The average molecular weight is 240 g/mol. The molecule has 88 valence electrons. The molecule has 2 heterocycles. The second-order valence-corrected chi connectivity index (χ2v) is 6.12. The molecule has 0 spiro atoms. The summed E-state index contributed by atoms with van der Waals surface area (Å²) >= 11 is 0. The van der Waals surface area contributed by atoms with Crippen LogP contribution in [0.25, 0.3) is 0 Å². The quantitative estimate of drug-likeness (QED) is 0.798. The third-order valence-electron chi connectivity index (χ3n) is 2.88. The molecule has 16 heavy (non-hydrogen) atoms. The van der Waals surface area contributed by atoms with Gasteiger partial charge in [0.15, 0.2) is 9.84 Å². The SMILES string of the molecule is CCc1ncc(S(C)(=O)=O)cc1N1CCC1. The van der Waals surface area contributed by atoms with Gasteiger partial charge in [0.1, 0.15) is 0 Å². The summed E-state index contributed by atoms with van der Waals surface area (Å²) in [6.07, 6.45) is 4.68. The minimum atomic E-state index is -3.16. The monoisotopic (exact) mass is 240 g/mol. The smallest absolute Gasteiger partial charge is 0.177 e. The number of anilines is 1. The van der Waals surface area contributed by atoms with Crippen LogP contribution >= 0.6 is 0 Å². The lowest BCUT2D eigenvalue weighted by molar-refractivity contribution is 0.598. The van der Waals surface area contributed by atoms with Crippen LogP contribution in [-0.4, -0.2) is 32.7 Å². The van der Waals surface area contributed by atoms with E-state index in [1.165, 1.54) is 18.9 Å². The van der Waals surface area contributed by atoms with Crippen molar-refractivity contribution in [3.05, 3.63) is 18.0 Å². The third kappa shape index (κ3) is 2.04. The molecule has 0 N–H and O–H groups in total. The molecule has 0 aromatic carbocycles. The molecule has 1 aliphatic rings. The molecule has 0 amide bonds. The highest BCUT2D eigenvalue weighted by Crippen LogP contribution is 2.26. The van der Waals surface area contributed by atoms with Gasteiger partial charge in [0.05, 0.1) is 16.3 Å². The van der Waals surface area contributed by atoms with E-state index in [4.69, 9.17) is 0 Å². The van der Waals surface area contributed by atoms with Crippen LogP contribution in [-0.2, 0) is 16.3 Å². The van der Waals surface area contributed by atoms with Gasteiger partial charge < -0.3 is 4.90 Å². The van der Waals surface area contributed by atoms with Gasteiger partial charge in [-0.25, -0.2) is 8.42 Å². The van der Waals surface area contributed by atoms with Crippen LogP contribution in [0.5, 0.6) is 0 Å². The summed E-state index contributed by atoms with van der Waals surface area (Å²) in [4.78, 5) is 6.74. The Bertz CT molecular complexity index is 493. The second-order valence-electron chi connectivity index (χ2n) is 4.10.